The van der Waals surface area contributed by atoms with E-state index in [0.717, 1.165) is 31.1 Å². The molecule has 6 rings (SSSR count). The van der Waals surface area contributed by atoms with Crippen LogP contribution in [0.25, 0.3) is 0 Å². The van der Waals surface area contributed by atoms with Gasteiger partial charge in [-0.2, -0.15) is 8.42 Å². The molecule has 11 heteroatoms. The van der Waals surface area contributed by atoms with Crippen molar-refractivity contribution in [3.05, 3.63) is 71.0 Å². The lowest BCUT2D eigenvalue weighted by atomic mass is 9.77. The highest BCUT2D eigenvalue weighted by atomic mass is 32.2. The summed E-state index contributed by atoms with van der Waals surface area (Å²) in [4.78, 5) is 15.5. The highest BCUT2D eigenvalue weighted by Crippen LogP contribution is 2.55. The first-order valence-corrected chi connectivity index (χ1v) is 15.7. The van der Waals surface area contributed by atoms with Gasteiger partial charge in [-0.05, 0) is 54.4 Å². The van der Waals surface area contributed by atoms with E-state index in [-0.39, 0.29) is 51.4 Å². The van der Waals surface area contributed by atoms with Gasteiger partial charge in [0, 0.05) is 24.8 Å². The minimum Gasteiger partial charge on any atom is -0.511 e. The van der Waals surface area contributed by atoms with Crippen LogP contribution in [0, 0.1) is 17.8 Å². The van der Waals surface area contributed by atoms with Gasteiger partial charge in [0.2, 0.25) is 0 Å². The molecule has 4 atom stereocenters. The van der Waals surface area contributed by atoms with Gasteiger partial charge < -0.3 is 15.3 Å². The Bertz CT molecular complexity index is 1580. The number of amidine groups is 1. The van der Waals surface area contributed by atoms with Crippen molar-refractivity contribution >= 4 is 37.3 Å². The molecule has 1 amide bonds. The highest BCUT2D eigenvalue weighted by molar-refractivity contribution is 7.90. The average molecular weight is 542 g/mol. The molecular weight excluding hydrogens is 514 g/mol. The Morgan fingerprint density at radius 3 is 2.54 bits per heavy atom. The molecule has 0 spiro atoms. The first-order chi connectivity index (χ1) is 17.5. The van der Waals surface area contributed by atoms with Gasteiger partial charge in [-0.3, -0.25) is 4.79 Å². The topological polar surface area (TPSA) is 133 Å². The van der Waals surface area contributed by atoms with Crippen molar-refractivity contribution in [3.8, 4) is 0 Å². The molecule has 2 heterocycles. The van der Waals surface area contributed by atoms with Crippen molar-refractivity contribution in [3.63, 3.8) is 0 Å². The lowest BCUT2D eigenvalue weighted by molar-refractivity contribution is -0.134. The maximum atomic E-state index is 13.9. The van der Waals surface area contributed by atoms with Crippen LogP contribution in [-0.4, -0.2) is 50.9 Å². The van der Waals surface area contributed by atoms with Gasteiger partial charge in [-0.15, -0.1) is 4.40 Å². The smallest absolute Gasteiger partial charge is 0.286 e. The molecule has 4 aliphatic rings. The van der Waals surface area contributed by atoms with Crippen LogP contribution < -0.4 is 5.32 Å². The fourth-order valence-electron chi connectivity index (χ4n) is 6.53. The Balaban J connectivity index is 1.42. The van der Waals surface area contributed by atoms with Crippen LogP contribution in [0.15, 0.2) is 69.2 Å². The summed E-state index contributed by atoms with van der Waals surface area (Å²) in [6.45, 7) is 0.353. The third-order valence-electron chi connectivity index (χ3n) is 7.93. The lowest BCUT2D eigenvalue weighted by Crippen LogP contribution is -2.53. The zero-order valence-electron chi connectivity index (χ0n) is 20.2. The number of sulfone groups is 1. The Morgan fingerprint density at radius 1 is 1.08 bits per heavy atom. The van der Waals surface area contributed by atoms with Gasteiger partial charge in [0.25, 0.3) is 15.9 Å². The van der Waals surface area contributed by atoms with Crippen molar-refractivity contribution in [1.29, 1.82) is 0 Å². The van der Waals surface area contributed by atoms with Gasteiger partial charge in [0.15, 0.2) is 15.7 Å². The van der Waals surface area contributed by atoms with E-state index in [9.17, 15) is 26.7 Å². The Hall–Kier alpha value is -3.18. The number of amides is 1. The maximum absolute atomic E-state index is 13.9. The number of hydrogen-bond acceptors (Lipinski definition) is 7. The third kappa shape index (κ3) is 4.14. The molecule has 2 bridgehead atoms. The third-order valence-corrected chi connectivity index (χ3v) is 10.1. The van der Waals surface area contributed by atoms with Crippen molar-refractivity contribution in [2.24, 2.45) is 22.2 Å². The first kappa shape index (κ1) is 24.2. The number of carbonyl (C=O) groups is 1. The van der Waals surface area contributed by atoms with Crippen LogP contribution in [0.5, 0.6) is 0 Å². The summed E-state index contributed by atoms with van der Waals surface area (Å²) in [5, 5.41) is 14.3. The molecule has 0 saturated heterocycles. The molecule has 194 valence electrons. The number of rotatable bonds is 5. The molecule has 2 fully saturated rings. The summed E-state index contributed by atoms with van der Waals surface area (Å²) in [7, 11) is -7.63. The number of sulfonamides is 1. The van der Waals surface area contributed by atoms with Crippen LogP contribution in [-0.2, 0) is 37.0 Å². The summed E-state index contributed by atoms with van der Waals surface area (Å²) in [5.74, 6) is -0.796. The van der Waals surface area contributed by atoms with Crippen LogP contribution >= 0.6 is 0 Å². The second kappa shape index (κ2) is 8.42. The maximum Gasteiger partial charge on any atom is 0.286 e. The molecule has 2 aliphatic heterocycles. The number of fused-ring (bicyclic) bond motifs is 6. The average Bonchev–Trinajstić information content (AvgIpc) is 3.44. The van der Waals surface area contributed by atoms with Crippen LogP contribution in [0.1, 0.15) is 30.4 Å². The number of carbonyl (C=O) groups excluding carboxylic acids is 1. The van der Waals surface area contributed by atoms with Crippen molar-refractivity contribution in [2.45, 2.75) is 42.5 Å². The molecule has 0 radical (unpaired) electrons. The molecule has 2 aliphatic carbocycles. The second-order valence-electron chi connectivity index (χ2n) is 10.5. The number of anilines is 1. The van der Waals surface area contributed by atoms with Gasteiger partial charge in [0.1, 0.15) is 16.2 Å². The van der Waals surface area contributed by atoms with Crippen LogP contribution in [0.4, 0.5) is 5.69 Å². The van der Waals surface area contributed by atoms with Crippen molar-refractivity contribution < 1.29 is 26.7 Å². The zero-order chi connectivity index (χ0) is 26.1. The van der Waals surface area contributed by atoms with Gasteiger partial charge in [0.05, 0.1) is 11.4 Å². The summed E-state index contributed by atoms with van der Waals surface area (Å²) in [6.07, 6.45) is 3.96. The minimum atomic E-state index is -4.26. The van der Waals surface area contributed by atoms with E-state index in [1.54, 1.807) is 4.90 Å². The van der Waals surface area contributed by atoms with Crippen LogP contribution in [0.2, 0.25) is 0 Å². The Morgan fingerprint density at radius 2 is 1.81 bits per heavy atom. The minimum absolute atomic E-state index is 0.0925. The fraction of sp³-hybridized carbons (Fsp3) is 0.385. The van der Waals surface area contributed by atoms with E-state index in [1.807, 2.05) is 30.3 Å². The predicted molar refractivity (Wildman–Crippen MR) is 138 cm³/mol. The first-order valence-electron chi connectivity index (χ1n) is 12.2. The number of hydrogen-bond donors (Lipinski definition) is 2. The summed E-state index contributed by atoms with van der Waals surface area (Å²) < 4.78 is 53.7. The Kier molecular flexibility index (Phi) is 5.50. The van der Waals surface area contributed by atoms with E-state index in [0.29, 0.717) is 18.0 Å². The summed E-state index contributed by atoms with van der Waals surface area (Å²) in [5.41, 5.74) is 1.34. The molecule has 2 aromatic carbocycles. The van der Waals surface area contributed by atoms with E-state index < -0.39 is 25.8 Å². The molecule has 0 unspecified atom stereocenters. The molecule has 2 N–H and O–H groups in total. The van der Waals surface area contributed by atoms with Crippen molar-refractivity contribution in [2.75, 3.05) is 11.6 Å². The fourth-order valence-corrected chi connectivity index (χ4v) is 8.49. The largest absolute Gasteiger partial charge is 0.511 e. The monoisotopic (exact) mass is 541 g/mol. The van der Waals surface area contributed by atoms with Crippen LogP contribution in [0.3, 0.4) is 0 Å². The summed E-state index contributed by atoms with van der Waals surface area (Å²) in [6, 6.07) is 13.7. The normalized spacial score (nSPS) is 28.0. The second-order valence-corrected chi connectivity index (χ2v) is 14.2. The van der Waals surface area contributed by atoms with Crippen molar-refractivity contribution in [1.82, 2.24) is 4.90 Å². The van der Waals surface area contributed by atoms with E-state index in [2.05, 4.69) is 9.71 Å². The number of benzene rings is 2. The zero-order valence-corrected chi connectivity index (χ0v) is 21.8. The van der Waals surface area contributed by atoms with E-state index in [4.69, 9.17) is 0 Å². The number of aliphatic hydroxyl groups excluding tert-OH is 1. The number of aliphatic hydroxyl groups is 1. The Labute approximate surface area is 215 Å². The molecular formula is C26H27N3O6S2. The molecule has 2 aromatic rings. The molecule has 0 aromatic heterocycles. The van der Waals surface area contributed by atoms with E-state index in [1.165, 1.54) is 18.2 Å². The lowest BCUT2D eigenvalue weighted by Gasteiger charge is -2.44. The van der Waals surface area contributed by atoms with Gasteiger partial charge in [-0.25, -0.2) is 8.42 Å². The standard InChI is InChI=1S/C26H27N3O6S2/c1-36(32,33)14-16-7-10-19-20(11-16)37(34,35)28-25(27-19)22-24(30)21-17-8-9-18(12-17)23(21)29(26(22)31)13-15-5-3-2-4-6-15/h2-7,10-11,17-18,21,23,30H,8-9,12-14H2,1H3,(H,27,28)/t17-,18+,21+,23-/m0/s1. The highest BCUT2D eigenvalue weighted by Gasteiger charge is 2.57. The number of nitrogens with zero attached hydrogens (tertiary/aromatic N) is 2. The SMILES string of the molecule is CS(=O)(=O)Cc1ccc2c(c1)S(=O)(=O)N=C(C1=C(O)[C@@H]3[C@H]4CC[C@H](C4)[C@@H]3N(Cc3ccccc3)C1=O)N2. The van der Waals surface area contributed by atoms with Gasteiger partial charge in [-0.1, -0.05) is 36.4 Å². The molecule has 2 saturated carbocycles. The molecule has 9 nitrogen and oxygen atoms in total. The number of nitrogens with one attached hydrogen (secondary N) is 1. The predicted octanol–water partition coefficient (Wildman–Crippen LogP) is 3.01. The quantitative estimate of drug-likeness (QED) is 0.594. The van der Waals surface area contributed by atoms with E-state index >= 15 is 0 Å². The summed E-state index contributed by atoms with van der Waals surface area (Å²) >= 11 is 0. The van der Waals surface area contributed by atoms with Gasteiger partial charge >= 0.3 is 0 Å². The molecule has 37 heavy (non-hydrogen) atoms.